The molecular formula is C32H31FNO+. The lowest BCUT2D eigenvalue weighted by molar-refractivity contribution is -0.660. The van der Waals surface area contributed by atoms with E-state index < -0.39 is 24.0 Å². The highest BCUT2D eigenvalue weighted by molar-refractivity contribution is 6.13. The Labute approximate surface area is 211 Å². The maximum absolute atomic E-state index is 15.6. The van der Waals surface area contributed by atoms with E-state index in [9.17, 15) is 0 Å². The predicted molar refractivity (Wildman–Crippen MR) is 141 cm³/mol. The minimum atomic E-state index is -1.94. The van der Waals surface area contributed by atoms with E-state index in [0.29, 0.717) is 22.3 Å². The number of hydrogen-bond donors (Lipinski definition) is 0. The molecule has 0 N–H and O–H groups in total. The third-order valence-corrected chi connectivity index (χ3v) is 7.17. The van der Waals surface area contributed by atoms with Crippen molar-refractivity contribution in [2.24, 2.45) is 12.5 Å². The molecule has 0 unspecified atom stereocenters. The summed E-state index contributed by atoms with van der Waals surface area (Å²) in [5.74, 6) is -0.475. The summed E-state index contributed by atoms with van der Waals surface area (Å²) in [5.41, 5.74) is 6.37. The van der Waals surface area contributed by atoms with Gasteiger partial charge in [-0.3, -0.25) is 0 Å². The Bertz CT molecular complexity index is 1850. The molecule has 35 heavy (non-hydrogen) atoms. The van der Waals surface area contributed by atoms with E-state index >= 15 is 4.39 Å². The molecule has 3 aromatic carbocycles. The Balaban J connectivity index is 1.65. The number of aromatic nitrogens is 1. The van der Waals surface area contributed by atoms with Crippen molar-refractivity contribution in [1.82, 2.24) is 0 Å². The van der Waals surface area contributed by atoms with Crippen molar-refractivity contribution in [3.8, 4) is 22.4 Å². The van der Waals surface area contributed by atoms with Gasteiger partial charge in [-0.05, 0) is 78.9 Å². The van der Waals surface area contributed by atoms with Crippen LogP contribution in [0.15, 0.2) is 59.1 Å². The van der Waals surface area contributed by atoms with Crippen LogP contribution >= 0.6 is 0 Å². The summed E-state index contributed by atoms with van der Waals surface area (Å²) >= 11 is 0. The molecule has 0 fully saturated rings. The number of furan rings is 1. The molecule has 0 amide bonds. The van der Waals surface area contributed by atoms with Crippen LogP contribution < -0.4 is 4.57 Å². The second kappa shape index (κ2) is 7.52. The first-order chi connectivity index (χ1) is 18.2. The zero-order valence-corrected chi connectivity index (χ0v) is 20.9. The van der Waals surface area contributed by atoms with Crippen LogP contribution in [0.3, 0.4) is 0 Å². The quantitative estimate of drug-likeness (QED) is 0.240. The normalized spacial score (nSPS) is 19.3. The first-order valence-corrected chi connectivity index (χ1v) is 12.0. The average Bonchev–Trinajstić information content (AvgIpc) is 3.28. The van der Waals surface area contributed by atoms with Crippen molar-refractivity contribution in [2.75, 3.05) is 0 Å². The van der Waals surface area contributed by atoms with Crippen LogP contribution in [0.25, 0.3) is 44.3 Å². The maximum Gasteiger partial charge on any atom is 0.216 e. The zero-order chi connectivity index (χ0) is 28.2. The summed E-state index contributed by atoms with van der Waals surface area (Å²) in [5, 5.41) is 1.65. The van der Waals surface area contributed by atoms with Gasteiger partial charge in [-0.2, -0.15) is 0 Å². The van der Waals surface area contributed by atoms with Gasteiger partial charge in [0.15, 0.2) is 6.20 Å². The molecule has 5 aromatic rings. The Morgan fingerprint density at radius 3 is 2.29 bits per heavy atom. The lowest BCUT2D eigenvalue weighted by atomic mass is 9.90. The molecule has 0 aliphatic heterocycles. The van der Waals surface area contributed by atoms with Gasteiger partial charge in [0, 0.05) is 27.9 Å². The highest BCUT2D eigenvalue weighted by Crippen LogP contribution is 2.43. The predicted octanol–water partition coefficient (Wildman–Crippen LogP) is 7.93. The third kappa shape index (κ3) is 3.40. The van der Waals surface area contributed by atoms with Crippen LogP contribution in [0.2, 0.25) is 0 Å². The molecule has 0 atom stereocenters. The Morgan fingerprint density at radius 1 is 0.829 bits per heavy atom. The molecule has 0 saturated heterocycles. The molecule has 1 aliphatic carbocycles. The Hall–Kier alpha value is -3.46. The van der Waals surface area contributed by atoms with Gasteiger partial charge in [0.25, 0.3) is 0 Å². The van der Waals surface area contributed by atoms with Crippen molar-refractivity contribution in [1.29, 1.82) is 0 Å². The third-order valence-electron chi connectivity index (χ3n) is 7.17. The molecule has 2 heterocycles. The summed E-state index contributed by atoms with van der Waals surface area (Å²) in [6.07, 6.45) is -1.72. The first kappa shape index (κ1) is 17.9. The van der Waals surface area contributed by atoms with Crippen molar-refractivity contribution in [2.45, 2.75) is 47.4 Å². The van der Waals surface area contributed by atoms with Crippen molar-refractivity contribution in [3.05, 3.63) is 88.4 Å². The van der Waals surface area contributed by atoms with E-state index in [1.807, 2.05) is 20.0 Å². The van der Waals surface area contributed by atoms with Crippen LogP contribution in [0, 0.1) is 32.0 Å². The van der Waals surface area contributed by atoms with E-state index in [2.05, 4.69) is 36.7 Å². The molecule has 176 valence electrons. The van der Waals surface area contributed by atoms with Crippen LogP contribution in [-0.4, -0.2) is 0 Å². The topological polar surface area (TPSA) is 17.0 Å². The van der Waals surface area contributed by atoms with E-state index in [1.165, 1.54) is 11.6 Å². The Kier molecular flexibility index (Phi) is 3.84. The van der Waals surface area contributed by atoms with Crippen LogP contribution in [0.5, 0.6) is 0 Å². The summed E-state index contributed by atoms with van der Waals surface area (Å²) in [4.78, 5) is 0. The standard InChI is InChI=1S/C32H31FNO/c1-18-7-10-24-25-11-12-26(33)29(21-8-9-22-15-32(4,5)16-23(22)14-21)31(25)35-30(24)28(18)27-13-19(2)20(3)17-34(27)6/h7-14,17H,15-16H2,1-6H3/q+1/i15D2,16D2. The molecule has 2 nitrogen and oxygen atoms in total. The van der Waals surface area contributed by atoms with Crippen molar-refractivity contribution in [3.63, 3.8) is 0 Å². The summed E-state index contributed by atoms with van der Waals surface area (Å²) in [6, 6.07) is 14.2. The fourth-order valence-electron chi connectivity index (χ4n) is 5.31. The molecule has 6 rings (SSSR count). The fraction of sp³-hybridized carbons (Fsp3) is 0.281. The van der Waals surface area contributed by atoms with Crippen molar-refractivity contribution >= 4 is 21.9 Å². The van der Waals surface area contributed by atoms with Crippen LogP contribution in [0.4, 0.5) is 4.39 Å². The van der Waals surface area contributed by atoms with Gasteiger partial charge in [-0.1, -0.05) is 44.2 Å². The van der Waals surface area contributed by atoms with Gasteiger partial charge in [0.1, 0.15) is 24.0 Å². The van der Waals surface area contributed by atoms with Crippen LogP contribution in [0.1, 0.15) is 47.1 Å². The SMILES string of the molecule is [2H]C1([2H])c2ccc(-c3c(F)ccc4c3oc3c(-c5cc(C)c(C)c[n+]5C)c(C)ccc34)cc2C([2H])([2H])C1(C)C. The number of pyridine rings is 1. The van der Waals surface area contributed by atoms with E-state index in [1.54, 1.807) is 38.1 Å². The lowest BCUT2D eigenvalue weighted by Gasteiger charge is -2.14. The number of fused-ring (bicyclic) bond motifs is 4. The number of rotatable bonds is 2. The smallest absolute Gasteiger partial charge is 0.216 e. The highest BCUT2D eigenvalue weighted by Gasteiger charge is 2.29. The fourth-order valence-corrected chi connectivity index (χ4v) is 5.31. The van der Waals surface area contributed by atoms with Gasteiger partial charge in [-0.15, -0.1) is 0 Å². The second-order valence-corrected chi connectivity index (χ2v) is 10.3. The number of hydrogen-bond acceptors (Lipinski definition) is 1. The lowest BCUT2D eigenvalue weighted by Crippen LogP contribution is -2.31. The number of halogens is 1. The highest BCUT2D eigenvalue weighted by atomic mass is 19.1. The molecule has 0 spiro atoms. The number of benzene rings is 3. The van der Waals surface area contributed by atoms with Gasteiger partial charge in [-0.25, -0.2) is 8.96 Å². The molecular weight excluding hydrogens is 433 g/mol. The molecule has 0 bridgehead atoms. The van der Waals surface area contributed by atoms with Gasteiger partial charge in [0.05, 0.1) is 11.1 Å². The summed E-state index contributed by atoms with van der Waals surface area (Å²) in [7, 11) is 2.01. The molecule has 0 radical (unpaired) electrons. The van der Waals surface area contributed by atoms with Crippen LogP contribution in [-0.2, 0) is 19.8 Å². The maximum atomic E-state index is 15.6. The monoisotopic (exact) mass is 468 g/mol. The molecule has 1 aliphatic rings. The van der Waals surface area contributed by atoms with Gasteiger partial charge >= 0.3 is 0 Å². The minimum Gasteiger partial charge on any atom is -0.454 e. The second-order valence-electron chi connectivity index (χ2n) is 10.3. The average molecular weight is 469 g/mol. The first-order valence-electron chi connectivity index (χ1n) is 14.0. The molecule has 0 saturated carbocycles. The molecule has 2 aromatic heterocycles. The number of aryl methyl sites for hydroxylation is 4. The molecule has 3 heteroatoms. The van der Waals surface area contributed by atoms with E-state index in [0.717, 1.165) is 33.2 Å². The number of nitrogens with zero attached hydrogens (tertiary/aromatic N) is 1. The van der Waals surface area contributed by atoms with E-state index in [4.69, 9.17) is 9.90 Å². The minimum absolute atomic E-state index is 0.251. The largest absolute Gasteiger partial charge is 0.454 e. The van der Waals surface area contributed by atoms with Gasteiger partial charge < -0.3 is 4.42 Å². The summed E-state index contributed by atoms with van der Waals surface area (Å²) < 4.78 is 59.1. The summed E-state index contributed by atoms with van der Waals surface area (Å²) in [6.45, 7) is 9.40. The Morgan fingerprint density at radius 2 is 1.51 bits per heavy atom. The zero-order valence-electron chi connectivity index (χ0n) is 24.9. The van der Waals surface area contributed by atoms with Crippen molar-refractivity contribution < 1.29 is 18.9 Å². The van der Waals surface area contributed by atoms with E-state index in [-0.39, 0.29) is 11.1 Å². The van der Waals surface area contributed by atoms with Gasteiger partial charge in [0.2, 0.25) is 5.69 Å².